The zero-order valence-electron chi connectivity index (χ0n) is 14.1. The molecule has 0 aromatic heterocycles. The Kier molecular flexibility index (Phi) is 3.71. The van der Waals surface area contributed by atoms with Gasteiger partial charge in [0.2, 0.25) is 0 Å². The Bertz CT molecular complexity index is 848. The summed E-state index contributed by atoms with van der Waals surface area (Å²) in [5.41, 5.74) is 1.98. The van der Waals surface area contributed by atoms with Gasteiger partial charge in [0.15, 0.2) is 0 Å². The highest BCUT2D eigenvalue weighted by Gasteiger charge is 2.55. The lowest BCUT2D eigenvalue weighted by Crippen LogP contribution is -2.41. The molecule has 5 nitrogen and oxygen atoms in total. The maximum Gasteiger partial charge on any atom is 0.325 e. The van der Waals surface area contributed by atoms with E-state index < -0.39 is 5.54 Å². The van der Waals surface area contributed by atoms with Crippen LogP contribution in [-0.4, -0.2) is 23.4 Å². The molecule has 3 amide bonds. The third kappa shape index (κ3) is 2.38. The summed E-state index contributed by atoms with van der Waals surface area (Å²) in [7, 11) is 0. The minimum atomic E-state index is -0.908. The van der Waals surface area contributed by atoms with Crippen molar-refractivity contribution in [1.29, 1.82) is 0 Å². The number of aryl methyl sites for hydroxylation is 1. The molecule has 1 saturated heterocycles. The molecule has 1 heterocycles. The first-order chi connectivity index (χ1) is 12.2. The second-order valence-corrected chi connectivity index (χ2v) is 6.42. The third-order valence-electron chi connectivity index (χ3n) is 5.02. The van der Waals surface area contributed by atoms with Crippen molar-refractivity contribution >= 4 is 11.9 Å². The highest BCUT2D eigenvalue weighted by atomic mass is 16.5. The highest BCUT2D eigenvalue weighted by Crippen LogP contribution is 2.41. The van der Waals surface area contributed by atoms with Gasteiger partial charge in [0, 0.05) is 5.56 Å². The van der Waals surface area contributed by atoms with Crippen LogP contribution in [0.3, 0.4) is 0 Å². The maximum absolute atomic E-state index is 13.2. The van der Waals surface area contributed by atoms with Gasteiger partial charge in [-0.15, -0.1) is 0 Å². The maximum atomic E-state index is 13.2. The van der Waals surface area contributed by atoms with Gasteiger partial charge in [-0.3, -0.25) is 9.69 Å². The van der Waals surface area contributed by atoms with Crippen LogP contribution in [0, 0.1) is 0 Å². The quantitative estimate of drug-likeness (QED) is 0.873. The Morgan fingerprint density at radius 1 is 1.12 bits per heavy atom. The molecule has 1 spiro atoms. The first-order valence-corrected chi connectivity index (χ1v) is 8.59. The number of para-hydroxylation sites is 1. The summed E-state index contributed by atoms with van der Waals surface area (Å²) in [6.45, 7) is 2.66. The van der Waals surface area contributed by atoms with E-state index in [9.17, 15) is 9.59 Å². The number of carbonyl (C=O) groups excluding carboxylic acids is 2. The van der Waals surface area contributed by atoms with E-state index in [-0.39, 0.29) is 18.5 Å². The molecule has 0 saturated carbocycles. The van der Waals surface area contributed by atoms with Crippen LogP contribution >= 0.6 is 0 Å². The fraction of sp³-hybridized carbons (Fsp3) is 0.300. The summed E-state index contributed by atoms with van der Waals surface area (Å²) < 4.78 is 5.62. The summed E-state index contributed by atoms with van der Waals surface area (Å²) in [6, 6.07) is 15.0. The number of amides is 3. The molecule has 128 valence electrons. The third-order valence-corrected chi connectivity index (χ3v) is 5.02. The first kappa shape index (κ1) is 15.7. The second kappa shape index (κ2) is 5.92. The van der Waals surface area contributed by atoms with Crippen molar-refractivity contribution in [3.63, 3.8) is 0 Å². The number of carbonyl (C=O) groups is 2. The normalized spacial score (nSPS) is 21.6. The van der Waals surface area contributed by atoms with Crippen LogP contribution in [0.4, 0.5) is 4.79 Å². The molecule has 25 heavy (non-hydrogen) atoms. The Morgan fingerprint density at radius 2 is 1.88 bits per heavy atom. The molecule has 5 heteroatoms. The summed E-state index contributed by atoms with van der Waals surface area (Å²) >= 11 is 0. The Hall–Kier alpha value is -2.82. The SMILES string of the molecule is CCOc1ccccc1CN1C(=O)NC2(CCc3ccccc32)C1=O. The number of fused-ring (bicyclic) bond motifs is 2. The van der Waals surface area contributed by atoms with Crippen molar-refractivity contribution in [3.8, 4) is 5.75 Å². The van der Waals surface area contributed by atoms with Crippen molar-refractivity contribution in [1.82, 2.24) is 10.2 Å². The van der Waals surface area contributed by atoms with Gasteiger partial charge in [-0.25, -0.2) is 4.79 Å². The van der Waals surface area contributed by atoms with Crippen molar-refractivity contribution in [2.24, 2.45) is 0 Å². The van der Waals surface area contributed by atoms with Gasteiger partial charge in [-0.05, 0) is 37.0 Å². The molecule has 2 aromatic carbocycles. The Morgan fingerprint density at radius 3 is 2.72 bits per heavy atom. The fourth-order valence-electron chi connectivity index (χ4n) is 3.83. The fourth-order valence-corrected chi connectivity index (χ4v) is 3.83. The molecule has 1 aliphatic heterocycles. The number of ether oxygens (including phenoxy) is 1. The van der Waals surface area contributed by atoms with Crippen LogP contribution < -0.4 is 10.1 Å². The number of rotatable bonds is 4. The molecular formula is C20H20N2O3. The predicted molar refractivity (Wildman–Crippen MR) is 93.1 cm³/mol. The minimum Gasteiger partial charge on any atom is -0.494 e. The standard InChI is InChI=1S/C20H20N2O3/c1-2-25-17-10-6-4-8-15(17)13-22-18(23)20(21-19(22)24)12-11-14-7-3-5-9-16(14)20/h3-10H,2,11-13H2,1H3,(H,21,24). The van der Waals surface area contributed by atoms with Crippen LogP contribution in [-0.2, 0) is 23.3 Å². The van der Waals surface area contributed by atoms with Gasteiger partial charge >= 0.3 is 6.03 Å². The smallest absolute Gasteiger partial charge is 0.325 e. The van der Waals surface area contributed by atoms with E-state index >= 15 is 0 Å². The molecule has 2 aliphatic rings. The number of hydrogen-bond donors (Lipinski definition) is 1. The lowest BCUT2D eigenvalue weighted by Gasteiger charge is -2.22. The van der Waals surface area contributed by atoms with E-state index in [1.807, 2.05) is 55.5 Å². The summed E-state index contributed by atoms with van der Waals surface area (Å²) in [4.78, 5) is 27.1. The molecule has 1 unspecified atom stereocenters. The van der Waals surface area contributed by atoms with Crippen LogP contribution in [0.1, 0.15) is 30.0 Å². The molecule has 1 aliphatic carbocycles. The van der Waals surface area contributed by atoms with Gasteiger partial charge in [-0.1, -0.05) is 42.5 Å². The van der Waals surface area contributed by atoms with Crippen molar-refractivity contribution in [3.05, 3.63) is 65.2 Å². The van der Waals surface area contributed by atoms with Gasteiger partial charge in [-0.2, -0.15) is 0 Å². The number of benzene rings is 2. The topological polar surface area (TPSA) is 58.6 Å². The largest absolute Gasteiger partial charge is 0.494 e. The molecular weight excluding hydrogens is 316 g/mol. The van der Waals surface area contributed by atoms with E-state index in [0.717, 1.165) is 23.1 Å². The van der Waals surface area contributed by atoms with Crippen molar-refractivity contribution in [2.45, 2.75) is 31.8 Å². The highest BCUT2D eigenvalue weighted by molar-refractivity contribution is 6.08. The van der Waals surface area contributed by atoms with Crippen LogP contribution in [0.5, 0.6) is 5.75 Å². The summed E-state index contributed by atoms with van der Waals surface area (Å²) in [5.74, 6) is 0.534. The lowest BCUT2D eigenvalue weighted by atomic mass is 9.92. The number of urea groups is 1. The molecule has 2 aromatic rings. The van der Waals surface area contributed by atoms with E-state index in [4.69, 9.17) is 4.74 Å². The van der Waals surface area contributed by atoms with Gasteiger partial charge in [0.05, 0.1) is 13.2 Å². The molecule has 1 N–H and O–H groups in total. The second-order valence-electron chi connectivity index (χ2n) is 6.42. The van der Waals surface area contributed by atoms with Crippen molar-refractivity contribution < 1.29 is 14.3 Å². The average molecular weight is 336 g/mol. The molecule has 1 atom stereocenters. The van der Waals surface area contributed by atoms with Crippen LogP contribution in [0.25, 0.3) is 0 Å². The number of hydrogen-bond acceptors (Lipinski definition) is 3. The van der Waals surface area contributed by atoms with Crippen molar-refractivity contribution in [2.75, 3.05) is 6.61 Å². The summed E-state index contributed by atoms with van der Waals surface area (Å²) in [6.07, 6.45) is 1.41. The zero-order valence-corrected chi connectivity index (χ0v) is 14.1. The monoisotopic (exact) mass is 336 g/mol. The van der Waals surface area contributed by atoms with E-state index in [1.165, 1.54) is 4.90 Å². The number of imide groups is 1. The van der Waals surface area contributed by atoms with Crippen LogP contribution in [0.2, 0.25) is 0 Å². The summed E-state index contributed by atoms with van der Waals surface area (Å²) in [5, 5.41) is 2.95. The zero-order chi connectivity index (χ0) is 17.4. The number of nitrogens with one attached hydrogen (secondary N) is 1. The molecule has 1 fully saturated rings. The van der Waals surface area contributed by atoms with Crippen LogP contribution in [0.15, 0.2) is 48.5 Å². The van der Waals surface area contributed by atoms with Gasteiger partial charge in [0.25, 0.3) is 5.91 Å². The first-order valence-electron chi connectivity index (χ1n) is 8.59. The van der Waals surface area contributed by atoms with Gasteiger partial charge in [0.1, 0.15) is 11.3 Å². The van der Waals surface area contributed by atoms with E-state index in [0.29, 0.717) is 18.8 Å². The minimum absolute atomic E-state index is 0.172. The molecule has 0 radical (unpaired) electrons. The average Bonchev–Trinajstić information content (AvgIpc) is 3.11. The Labute approximate surface area is 146 Å². The predicted octanol–water partition coefficient (Wildman–Crippen LogP) is 2.98. The molecule has 4 rings (SSSR count). The van der Waals surface area contributed by atoms with E-state index in [2.05, 4.69) is 5.32 Å². The number of nitrogens with zero attached hydrogens (tertiary/aromatic N) is 1. The van der Waals surface area contributed by atoms with Gasteiger partial charge < -0.3 is 10.1 Å². The van der Waals surface area contributed by atoms with E-state index in [1.54, 1.807) is 0 Å². The molecule has 0 bridgehead atoms. The lowest BCUT2D eigenvalue weighted by molar-refractivity contribution is -0.132. The Balaban J connectivity index is 1.66.